The average molecular weight is 206 g/mol. The third-order valence-corrected chi connectivity index (χ3v) is 1.84. The van der Waals surface area contributed by atoms with Crippen LogP contribution in [-0.2, 0) is 0 Å². The van der Waals surface area contributed by atoms with Gasteiger partial charge in [0, 0.05) is 6.20 Å². The normalized spacial score (nSPS) is 10.1. The zero-order valence-corrected chi connectivity index (χ0v) is 7.47. The minimum absolute atomic E-state index is 0.0517. The molecule has 0 radical (unpaired) electrons. The van der Waals surface area contributed by atoms with Crippen LogP contribution in [0.25, 0.3) is 0 Å². The molecule has 6 heteroatoms. The van der Waals surface area contributed by atoms with Crippen LogP contribution in [-0.4, -0.2) is 15.7 Å². The fourth-order valence-electron chi connectivity index (χ4n) is 1.15. The summed E-state index contributed by atoms with van der Waals surface area (Å²) in [6, 6.07) is 5.65. The van der Waals surface area contributed by atoms with E-state index in [1.54, 1.807) is 18.3 Å². The summed E-state index contributed by atoms with van der Waals surface area (Å²) in [4.78, 5) is 23.9. The van der Waals surface area contributed by atoms with Crippen LogP contribution >= 0.6 is 0 Å². The van der Waals surface area contributed by atoms with E-state index >= 15 is 0 Å². The van der Waals surface area contributed by atoms with Crippen molar-refractivity contribution in [1.82, 2.24) is 4.98 Å². The largest absolute Gasteiger partial charge is 0.433 e. The Hall–Kier alpha value is -2.37. The molecular weight excluding hydrogens is 200 g/mol. The molecule has 15 heavy (non-hydrogen) atoms. The molecule has 0 saturated heterocycles. The van der Waals surface area contributed by atoms with Gasteiger partial charge in [-0.3, -0.25) is 14.9 Å². The summed E-state index contributed by atoms with van der Waals surface area (Å²) >= 11 is 0. The van der Waals surface area contributed by atoms with E-state index in [1.807, 2.05) is 0 Å². The molecule has 0 spiro atoms. The minimum atomic E-state index is -0.689. The van der Waals surface area contributed by atoms with Crippen LogP contribution in [0.1, 0.15) is 16.2 Å². The summed E-state index contributed by atoms with van der Waals surface area (Å²) in [5.74, 6) is -0.901. The van der Waals surface area contributed by atoms with Crippen molar-refractivity contribution in [3.8, 4) is 0 Å². The van der Waals surface area contributed by atoms with E-state index in [-0.39, 0.29) is 5.76 Å². The van der Waals surface area contributed by atoms with Gasteiger partial charge >= 0.3 is 5.88 Å². The Labute approximate surface area is 83.7 Å². The molecule has 2 aromatic rings. The van der Waals surface area contributed by atoms with E-state index in [0.717, 1.165) is 6.07 Å². The van der Waals surface area contributed by atoms with Gasteiger partial charge in [-0.25, -0.2) is 0 Å². The van der Waals surface area contributed by atoms with Gasteiger partial charge in [0.1, 0.15) is 4.92 Å². The van der Waals surface area contributed by atoms with Crippen molar-refractivity contribution >= 4 is 11.7 Å². The van der Waals surface area contributed by atoms with Gasteiger partial charge in [0.2, 0.25) is 5.78 Å². The fourth-order valence-corrected chi connectivity index (χ4v) is 1.15. The van der Waals surface area contributed by atoms with Crippen LogP contribution in [0.15, 0.2) is 34.9 Å². The van der Waals surface area contributed by atoms with Crippen molar-refractivity contribution in [3.05, 3.63) is 52.0 Å². The Morgan fingerprint density at radius 1 is 1.40 bits per heavy atom. The van der Waals surface area contributed by atoms with E-state index in [4.69, 9.17) is 4.42 Å². The predicted molar refractivity (Wildman–Crippen MR) is 49.6 cm³/mol. The number of aromatic amines is 1. The standard InChI is InChI=1S/C9H6N2O4/c12-9(6-2-1-5-10-6)7-3-4-8(15-7)11(13)14/h1-5,10H. The second kappa shape index (κ2) is 3.41. The number of hydrogen-bond donors (Lipinski definition) is 1. The maximum atomic E-state index is 11.6. The van der Waals surface area contributed by atoms with Gasteiger partial charge in [0.05, 0.1) is 11.8 Å². The molecule has 76 valence electrons. The zero-order valence-electron chi connectivity index (χ0n) is 7.47. The Morgan fingerprint density at radius 3 is 2.73 bits per heavy atom. The van der Waals surface area contributed by atoms with E-state index < -0.39 is 16.6 Å². The number of ketones is 1. The number of nitro groups is 1. The molecule has 0 amide bonds. The quantitative estimate of drug-likeness (QED) is 0.470. The third kappa shape index (κ3) is 1.64. The van der Waals surface area contributed by atoms with Crippen LogP contribution < -0.4 is 0 Å². The summed E-state index contributed by atoms with van der Waals surface area (Å²) in [6.45, 7) is 0. The molecule has 0 fully saturated rings. The number of hydrogen-bond acceptors (Lipinski definition) is 4. The SMILES string of the molecule is O=C(c1ccc[nH]1)c1ccc([N+](=O)[O-])o1. The minimum Gasteiger partial charge on any atom is -0.397 e. The molecule has 0 saturated carbocycles. The number of furan rings is 1. The summed E-state index contributed by atoms with van der Waals surface area (Å²) in [6.07, 6.45) is 1.59. The van der Waals surface area contributed by atoms with E-state index in [0.29, 0.717) is 5.69 Å². The van der Waals surface area contributed by atoms with Crippen LogP contribution in [0.2, 0.25) is 0 Å². The highest BCUT2D eigenvalue weighted by Crippen LogP contribution is 2.17. The number of H-pyrrole nitrogens is 1. The fraction of sp³-hybridized carbons (Fsp3) is 0. The van der Waals surface area contributed by atoms with Crippen LogP contribution in [0, 0.1) is 10.1 Å². The van der Waals surface area contributed by atoms with Crippen LogP contribution in [0.5, 0.6) is 0 Å². The van der Waals surface area contributed by atoms with Crippen molar-refractivity contribution in [2.75, 3.05) is 0 Å². The summed E-state index contributed by atoms with van der Waals surface area (Å²) in [5, 5.41) is 10.3. The average Bonchev–Trinajstić information content (AvgIpc) is 2.88. The Bertz CT molecular complexity index is 498. The smallest absolute Gasteiger partial charge is 0.397 e. The van der Waals surface area contributed by atoms with Crippen molar-refractivity contribution in [2.24, 2.45) is 0 Å². The number of aromatic nitrogens is 1. The molecule has 1 N–H and O–H groups in total. The van der Waals surface area contributed by atoms with Crippen molar-refractivity contribution in [2.45, 2.75) is 0 Å². The Balaban J connectivity index is 2.31. The topological polar surface area (TPSA) is 89.1 Å². The lowest BCUT2D eigenvalue weighted by Crippen LogP contribution is -1.99. The summed E-state index contributed by atoms with van der Waals surface area (Å²) in [7, 11) is 0. The number of nitrogens with one attached hydrogen (secondary N) is 1. The Kier molecular flexibility index (Phi) is 2.09. The molecule has 0 aromatic carbocycles. The van der Waals surface area contributed by atoms with Crippen molar-refractivity contribution < 1.29 is 14.1 Å². The first-order valence-electron chi connectivity index (χ1n) is 4.11. The predicted octanol–water partition coefficient (Wildman–Crippen LogP) is 1.75. The molecule has 2 heterocycles. The van der Waals surface area contributed by atoms with Crippen LogP contribution in [0.3, 0.4) is 0 Å². The maximum Gasteiger partial charge on any atom is 0.433 e. The van der Waals surface area contributed by atoms with Gasteiger partial charge in [0.15, 0.2) is 5.76 Å². The lowest BCUT2D eigenvalue weighted by molar-refractivity contribution is -0.402. The zero-order chi connectivity index (χ0) is 10.8. The molecular formula is C9H6N2O4. The highest BCUT2D eigenvalue weighted by atomic mass is 16.6. The highest BCUT2D eigenvalue weighted by Gasteiger charge is 2.18. The lowest BCUT2D eigenvalue weighted by Gasteiger charge is -1.91. The molecule has 2 rings (SSSR count). The van der Waals surface area contributed by atoms with Gasteiger partial charge in [-0.1, -0.05) is 0 Å². The van der Waals surface area contributed by atoms with Gasteiger partial charge in [-0.05, 0) is 18.2 Å². The molecule has 2 aromatic heterocycles. The summed E-state index contributed by atoms with van der Waals surface area (Å²) in [5.41, 5.74) is 0.333. The van der Waals surface area contributed by atoms with Gasteiger partial charge in [-0.15, -0.1) is 0 Å². The number of carbonyl (C=O) groups excluding carboxylic acids is 1. The van der Waals surface area contributed by atoms with Gasteiger partial charge in [0.25, 0.3) is 0 Å². The second-order valence-corrected chi connectivity index (χ2v) is 2.81. The number of rotatable bonds is 3. The first kappa shape index (κ1) is 9.20. The molecule has 0 atom stereocenters. The molecule has 0 unspecified atom stereocenters. The monoisotopic (exact) mass is 206 g/mol. The van der Waals surface area contributed by atoms with Gasteiger partial charge < -0.3 is 9.40 Å². The third-order valence-electron chi connectivity index (χ3n) is 1.84. The van der Waals surface area contributed by atoms with Crippen LogP contribution in [0.4, 0.5) is 5.88 Å². The van der Waals surface area contributed by atoms with Crippen molar-refractivity contribution in [1.29, 1.82) is 0 Å². The highest BCUT2D eigenvalue weighted by molar-refractivity contribution is 6.05. The lowest BCUT2D eigenvalue weighted by atomic mass is 10.2. The number of nitrogens with zero attached hydrogens (tertiary/aromatic N) is 1. The second-order valence-electron chi connectivity index (χ2n) is 2.81. The molecule has 0 aliphatic carbocycles. The molecule has 6 nitrogen and oxygen atoms in total. The number of carbonyl (C=O) groups is 1. The first-order chi connectivity index (χ1) is 7.18. The van der Waals surface area contributed by atoms with E-state index in [2.05, 4.69) is 4.98 Å². The first-order valence-corrected chi connectivity index (χ1v) is 4.11. The Morgan fingerprint density at radius 2 is 2.20 bits per heavy atom. The summed E-state index contributed by atoms with van der Waals surface area (Å²) < 4.78 is 4.76. The van der Waals surface area contributed by atoms with Gasteiger partial charge in [-0.2, -0.15) is 0 Å². The van der Waals surface area contributed by atoms with E-state index in [1.165, 1.54) is 6.07 Å². The maximum absolute atomic E-state index is 11.6. The van der Waals surface area contributed by atoms with E-state index in [9.17, 15) is 14.9 Å². The van der Waals surface area contributed by atoms with Crippen molar-refractivity contribution in [3.63, 3.8) is 0 Å². The molecule has 0 bridgehead atoms. The molecule has 0 aliphatic heterocycles. The molecule has 0 aliphatic rings.